The van der Waals surface area contributed by atoms with E-state index in [-0.39, 0.29) is 6.03 Å². The lowest BCUT2D eigenvalue weighted by atomic mass is 10.1. The summed E-state index contributed by atoms with van der Waals surface area (Å²) in [6.07, 6.45) is 2.47. The number of nitrogens with one attached hydrogen (secondary N) is 2. The van der Waals surface area contributed by atoms with Gasteiger partial charge in [-0.15, -0.1) is 0 Å². The van der Waals surface area contributed by atoms with Gasteiger partial charge in [0.2, 0.25) is 5.95 Å². The minimum atomic E-state index is -0.159. The molecule has 140 valence electrons. The molecule has 2 amide bonds. The Hall–Kier alpha value is -2.74. The number of nitrogen functional groups attached to an aromatic ring is 1. The van der Waals surface area contributed by atoms with Crippen LogP contribution in [0.15, 0.2) is 18.7 Å². The third-order valence-electron chi connectivity index (χ3n) is 4.42. The number of carbonyl (C=O) groups excluding carboxylic acids is 1. The first-order chi connectivity index (χ1) is 12.6. The van der Waals surface area contributed by atoms with Gasteiger partial charge in [-0.2, -0.15) is 0 Å². The molecule has 8 heteroatoms. The summed E-state index contributed by atoms with van der Waals surface area (Å²) in [5.74, 6) is 1.56. The molecule has 0 saturated carbocycles. The molecule has 0 spiro atoms. The Kier molecular flexibility index (Phi) is 5.62. The van der Waals surface area contributed by atoms with Crippen LogP contribution in [-0.4, -0.2) is 49.0 Å². The number of hydrogen-bond acceptors (Lipinski definition) is 5. The third-order valence-corrected chi connectivity index (χ3v) is 4.42. The van der Waals surface area contributed by atoms with Crippen LogP contribution in [0.4, 0.5) is 10.7 Å². The van der Waals surface area contributed by atoms with Gasteiger partial charge in [0.15, 0.2) is 0 Å². The molecule has 0 radical (unpaired) electrons. The number of imidazole rings is 1. The number of benzene rings is 1. The normalized spacial score (nSPS) is 14.0. The highest BCUT2D eigenvalue weighted by molar-refractivity contribution is 5.87. The summed E-state index contributed by atoms with van der Waals surface area (Å²) in [6.45, 7) is 7.05. The molecule has 2 heterocycles. The Bertz CT molecular complexity index is 798. The number of anilines is 1. The number of urea groups is 1. The zero-order valence-electron chi connectivity index (χ0n) is 15.0. The first-order valence-corrected chi connectivity index (χ1v) is 8.68. The minimum Gasteiger partial charge on any atom is -0.494 e. The van der Waals surface area contributed by atoms with Gasteiger partial charge in [0.1, 0.15) is 11.3 Å². The van der Waals surface area contributed by atoms with E-state index in [9.17, 15) is 4.79 Å². The third kappa shape index (κ3) is 3.91. The van der Waals surface area contributed by atoms with Crippen molar-refractivity contribution in [3.05, 3.63) is 24.3 Å². The topological polar surface area (TPSA) is 103 Å². The van der Waals surface area contributed by atoms with E-state index >= 15 is 0 Å². The van der Waals surface area contributed by atoms with Crippen LogP contribution in [0.1, 0.15) is 12.0 Å². The molecule has 26 heavy (non-hydrogen) atoms. The highest BCUT2D eigenvalue weighted by Crippen LogP contribution is 2.30. The Morgan fingerprint density at radius 2 is 2.31 bits per heavy atom. The number of aryl methyl sites for hydroxylation is 1. The second-order valence-corrected chi connectivity index (χ2v) is 6.31. The Balaban J connectivity index is 1.57. The van der Waals surface area contributed by atoms with E-state index < -0.39 is 0 Å². The van der Waals surface area contributed by atoms with Crippen molar-refractivity contribution in [3.63, 3.8) is 0 Å². The fourth-order valence-corrected chi connectivity index (χ4v) is 2.91. The molecule has 1 aliphatic heterocycles. The predicted octanol–water partition coefficient (Wildman–Crippen LogP) is 1.61. The van der Waals surface area contributed by atoms with Crippen molar-refractivity contribution in [2.45, 2.75) is 13.0 Å². The summed E-state index contributed by atoms with van der Waals surface area (Å²) in [4.78, 5) is 16.2. The van der Waals surface area contributed by atoms with Crippen LogP contribution in [0.25, 0.3) is 17.1 Å². The largest absolute Gasteiger partial charge is 0.494 e. The van der Waals surface area contributed by atoms with Crippen LogP contribution in [0.2, 0.25) is 0 Å². The smallest absolute Gasteiger partial charge is 0.314 e. The number of carbonyl (C=O) groups is 1. The summed E-state index contributed by atoms with van der Waals surface area (Å²) in [5.41, 5.74) is 8.62. The monoisotopic (exact) mass is 359 g/mol. The highest BCUT2D eigenvalue weighted by Gasteiger charge is 2.18. The van der Waals surface area contributed by atoms with Gasteiger partial charge >= 0.3 is 6.03 Å². The minimum absolute atomic E-state index is 0.159. The standard InChI is InChI=1S/C18H25N5O3/c1-3-12-7-14-16(15(8-12)25-2)23(17(19)22-14)6-4-5-20-18(24)21-9-13-10-26-11-13/h3,7-8,13H,1,4-6,9-11H2,2H3,(H2,19,22)(H2,20,21,24). The second kappa shape index (κ2) is 8.09. The van der Waals surface area contributed by atoms with Crippen LogP contribution >= 0.6 is 0 Å². The molecule has 1 saturated heterocycles. The summed E-state index contributed by atoms with van der Waals surface area (Å²) >= 11 is 0. The number of fused-ring (bicyclic) bond motifs is 1. The fourth-order valence-electron chi connectivity index (χ4n) is 2.91. The van der Waals surface area contributed by atoms with Crippen molar-refractivity contribution in [2.24, 2.45) is 5.92 Å². The van der Waals surface area contributed by atoms with E-state index in [1.54, 1.807) is 13.2 Å². The van der Waals surface area contributed by atoms with Crippen molar-refractivity contribution in [1.29, 1.82) is 0 Å². The molecule has 0 unspecified atom stereocenters. The molecule has 1 fully saturated rings. The number of nitrogens with two attached hydrogens (primary N) is 1. The molecular weight excluding hydrogens is 334 g/mol. The fraction of sp³-hybridized carbons (Fsp3) is 0.444. The van der Waals surface area contributed by atoms with Gasteiger partial charge in [-0.05, 0) is 24.1 Å². The number of ether oxygens (including phenoxy) is 2. The maximum Gasteiger partial charge on any atom is 0.314 e. The average Bonchev–Trinajstić information content (AvgIpc) is 2.91. The molecule has 0 bridgehead atoms. The molecular formula is C18H25N5O3. The lowest BCUT2D eigenvalue weighted by molar-refractivity contribution is -0.0293. The maximum atomic E-state index is 11.8. The molecule has 1 aromatic heterocycles. The van der Waals surface area contributed by atoms with E-state index in [2.05, 4.69) is 22.2 Å². The lowest BCUT2D eigenvalue weighted by Crippen LogP contribution is -2.43. The zero-order valence-corrected chi connectivity index (χ0v) is 15.0. The number of amides is 2. The summed E-state index contributed by atoms with van der Waals surface area (Å²) < 4.78 is 12.5. The number of rotatable bonds is 8. The lowest BCUT2D eigenvalue weighted by Gasteiger charge is -2.25. The number of hydrogen-bond donors (Lipinski definition) is 3. The average molecular weight is 359 g/mol. The van der Waals surface area contributed by atoms with Crippen molar-refractivity contribution in [1.82, 2.24) is 20.2 Å². The summed E-state index contributed by atoms with van der Waals surface area (Å²) in [5, 5.41) is 5.70. The zero-order chi connectivity index (χ0) is 18.5. The number of nitrogens with zero attached hydrogens (tertiary/aromatic N) is 2. The van der Waals surface area contributed by atoms with Gasteiger partial charge in [-0.25, -0.2) is 9.78 Å². The van der Waals surface area contributed by atoms with Gasteiger partial charge in [0.05, 0.1) is 25.8 Å². The van der Waals surface area contributed by atoms with E-state index in [1.807, 2.05) is 16.7 Å². The van der Waals surface area contributed by atoms with Crippen LogP contribution in [-0.2, 0) is 11.3 Å². The highest BCUT2D eigenvalue weighted by atomic mass is 16.5. The second-order valence-electron chi connectivity index (χ2n) is 6.31. The van der Waals surface area contributed by atoms with Crippen molar-refractivity contribution >= 4 is 29.1 Å². The summed E-state index contributed by atoms with van der Waals surface area (Å²) in [7, 11) is 1.62. The molecule has 1 aliphatic rings. The molecule has 3 rings (SSSR count). The van der Waals surface area contributed by atoms with E-state index in [0.717, 1.165) is 36.2 Å². The van der Waals surface area contributed by atoms with E-state index in [4.69, 9.17) is 15.2 Å². The summed E-state index contributed by atoms with van der Waals surface area (Å²) in [6, 6.07) is 3.67. The molecule has 0 aliphatic carbocycles. The Labute approximate surface area is 152 Å². The first kappa shape index (κ1) is 18.1. The van der Waals surface area contributed by atoms with E-state index in [0.29, 0.717) is 37.3 Å². The molecule has 4 N–H and O–H groups in total. The molecule has 1 aromatic carbocycles. The van der Waals surface area contributed by atoms with E-state index in [1.165, 1.54) is 0 Å². The molecule has 0 atom stereocenters. The Morgan fingerprint density at radius 1 is 1.50 bits per heavy atom. The van der Waals surface area contributed by atoms with Gasteiger partial charge < -0.3 is 30.4 Å². The van der Waals surface area contributed by atoms with Gasteiger partial charge in [0, 0.05) is 25.6 Å². The van der Waals surface area contributed by atoms with Crippen LogP contribution in [0.5, 0.6) is 5.75 Å². The van der Waals surface area contributed by atoms with Gasteiger partial charge in [-0.3, -0.25) is 0 Å². The SMILES string of the molecule is C=Cc1cc(OC)c2c(c1)nc(N)n2CCCNC(=O)NCC1COC1. The molecule has 2 aromatic rings. The van der Waals surface area contributed by atoms with Crippen LogP contribution in [0, 0.1) is 5.92 Å². The van der Waals surface area contributed by atoms with Gasteiger partial charge in [-0.1, -0.05) is 12.7 Å². The van der Waals surface area contributed by atoms with Crippen molar-refractivity contribution < 1.29 is 14.3 Å². The predicted molar refractivity (Wildman–Crippen MR) is 101 cm³/mol. The van der Waals surface area contributed by atoms with Crippen LogP contribution in [0.3, 0.4) is 0 Å². The number of methoxy groups -OCH3 is 1. The Morgan fingerprint density at radius 3 is 2.96 bits per heavy atom. The van der Waals surface area contributed by atoms with Gasteiger partial charge in [0.25, 0.3) is 0 Å². The number of aromatic nitrogens is 2. The van der Waals surface area contributed by atoms with Crippen LogP contribution < -0.4 is 21.1 Å². The maximum absolute atomic E-state index is 11.8. The quantitative estimate of drug-likeness (QED) is 0.621. The van der Waals surface area contributed by atoms with Crippen molar-refractivity contribution in [3.8, 4) is 5.75 Å². The molecule has 8 nitrogen and oxygen atoms in total. The first-order valence-electron chi connectivity index (χ1n) is 8.68. The van der Waals surface area contributed by atoms with Crippen molar-refractivity contribution in [2.75, 3.05) is 39.1 Å².